The second-order valence-corrected chi connectivity index (χ2v) is 7.73. The Morgan fingerprint density at radius 1 is 0.962 bits per heavy atom. The van der Waals surface area contributed by atoms with Gasteiger partial charge in [0.25, 0.3) is 0 Å². The molecule has 1 aliphatic rings. The van der Waals surface area contributed by atoms with E-state index >= 15 is 0 Å². The molecule has 26 heavy (non-hydrogen) atoms. The third kappa shape index (κ3) is 10.7. The van der Waals surface area contributed by atoms with Gasteiger partial charge in [-0.15, -0.1) is 0 Å². The Morgan fingerprint density at radius 2 is 1.54 bits per heavy atom. The Hall–Kier alpha value is -1.25. The van der Waals surface area contributed by atoms with Crippen molar-refractivity contribution in [2.24, 2.45) is 5.73 Å². The van der Waals surface area contributed by atoms with Gasteiger partial charge in [0.2, 0.25) is 5.91 Å². The number of carbonyl (C=O) groups is 1. The molecule has 150 valence electrons. The van der Waals surface area contributed by atoms with E-state index in [1.54, 1.807) is 0 Å². The molecule has 1 amide bonds. The van der Waals surface area contributed by atoms with E-state index in [1.165, 1.54) is 76.2 Å². The smallest absolute Gasteiger partial charge is 0.217 e. The quantitative estimate of drug-likeness (QED) is 0.297. The van der Waals surface area contributed by atoms with Crippen molar-refractivity contribution in [2.75, 3.05) is 0 Å². The number of rotatable bonds is 17. The minimum atomic E-state index is -0.205. The fourth-order valence-electron chi connectivity index (χ4n) is 3.58. The third-order valence-electron chi connectivity index (χ3n) is 5.26. The topological polar surface area (TPSA) is 52.3 Å². The normalized spacial score (nSPS) is 18.0. The molecule has 1 heterocycles. The maximum atomic E-state index is 10.7. The van der Waals surface area contributed by atoms with E-state index < -0.39 is 0 Å². The van der Waals surface area contributed by atoms with E-state index in [2.05, 4.69) is 19.6 Å². The van der Waals surface area contributed by atoms with Gasteiger partial charge in [-0.25, -0.2) is 0 Å². The van der Waals surface area contributed by atoms with Crippen LogP contribution in [0.3, 0.4) is 0 Å². The molecule has 0 spiro atoms. The van der Waals surface area contributed by atoms with Gasteiger partial charge < -0.3 is 10.5 Å². The number of hydrogen-bond donors (Lipinski definition) is 1. The number of hydrogen-bond acceptors (Lipinski definition) is 2. The van der Waals surface area contributed by atoms with Crippen molar-refractivity contribution in [3.63, 3.8) is 0 Å². The van der Waals surface area contributed by atoms with Gasteiger partial charge in [0.1, 0.15) is 11.9 Å². The highest BCUT2D eigenvalue weighted by Gasteiger charge is 2.29. The van der Waals surface area contributed by atoms with Crippen molar-refractivity contribution < 1.29 is 9.53 Å². The number of primary amides is 1. The lowest BCUT2D eigenvalue weighted by atomic mass is 9.94. The molecule has 0 saturated carbocycles. The average Bonchev–Trinajstić information content (AvgIpc) is 2.61. The van der Waals surface area contributed by atoms with Crippen molar-refractivity contribution in [1.82, 2.24) is 0 Å². The Balaban J connectivity index is 1.96. The lowest BCUT2D eigenvalue weighted by Crippen LogP contribution is -2.28. The molecule has 1 saturated heterocycles. The Bertz CT molecular complexity index is 428. The highest BCUT2D eigenvalue weighted by atomic mass is 16.5. The largest absolute Gasteiger partial charge is 0.486 e. The van der Waals surface area contributed by atoms with Crippen LogP contribution >= 0.6 is 0 Å². The monoisotopic (exact) mass is 363 g/mol. The van der Waals surface area contributed by atoms with Gasteiger partial charge in [-0.2, -0.15) is 0 Å². The summed E-state index contributed by atoms with van der Waals surface area (Å²) in [4.78, 5) is 10.7. The zero-order valence-corrected chi connectivity index (χ0v) is 17.1. The lowest BCUT2D eigenvalue weighted by molar-refractivity contribution is -0.118. The molecule has 2 N–H and O–H groups in total. The predicted molar refractivity (Wildman–Crippen MR) is 111 cm³/mol. The number of amides is 1. The van der Waals surface area contributed by atoms with Gasteiger partial charge in [0.15, 0.2) is 0 Å². The van der Waals surface area contributed by atoms with Gasteiger partial charge in [0.05, 0.1) is 0 Å². The molecular formula is C23H41NO2. The summed E-state index contributed by atoms with van der Waals surface area (Å²) in [5, 5.41) is 0. The van der Waals surface area contributed by atoms with E-state index in [0.29, 0.717) is 6.42 Å². The van der Waals surface area contributed by atoms with E-state index in [-0.39, 0.29) is 12.0 Å². The maximum Gasteiger partial charge on any atom is 0.217 e. The number of ether oxygens (including phenoxy) is 1. The fraction of sp³-hybridized carbons (Fsp3) is 0.783. The van der Waals surface area contributed by atoms with Crippen molar-refractivity contribution in [1.29, 1.82) is 0 Å². The van der Waals surface area contributed by atoms with Gasteiger partial charge in [-0.1, -0.05) is 83.8 Å². The molecule has 1 rings (SSSR count). The number of carbonyl (C=O) groups excluding carboxylic acids is 1. The first-order valence-corrected chi connectivity index (χ1v) is 11.0. The van der Waals surface area contributed by atoms with Crippen LogP contribution in [0.25, 0.3) is 0 Å². The first-order valence-electron chi connectivity index (χ1n) is 11.0. The van der Waals surface area contributed by atoms with Gasteiger partial charge >= 0.3 is 0 Å². The van der Waals surface area contributed by atoms with Gasteiger partial charge in [0, 0.05) is 12.0 Å². The zero-order chi connectivity index (χ0) is 19.0. The summed E-state index contributed by atoms with van der Waals surface area (Å²) in [7, 11) is 0. The van der Waals surface area contributed by atoms with E-state index in [4.69, 9.17) is 10.5 Å². The number of nitrogens with two attached hydrogens (primary N) is 1. The molecular weight excluding hydrogens is 322 g/mol. The van der Waals surface area contributed by atoms with Crippen LogP contribution in [0.2, 0.25) is 0 Å². The van der Waals surface area contributed by atoms with E-state index in [0.717, 1.165) is 31.4 Å². The molecule has 3 nitrogen and oxygen atoms in total. The highest BCUT2D eigenvalue weighted by Crippen LogP contribution is 2.34. The maximum absolute atomic E-state index is 10.7. The predicted octanol–water partition coefficient (Wildman–Crippen LogP) is 6.57. The minimum absolute atomic E-state index is 0.205. The Labute approximate surface area is 161 Å². The second kappa shape index (κ2) is 14.9. The molecule has 0 aromatic carbocycles. The van der Waals surface area contributed by atoms with E-state index in [1.807, 2.05) is 0 Å². The third-order valence-corrected chi connectivity index (χ3v) is 5.26. The SMILES string of the molecule is C=C1OC(CCCCCCCCCCCCC)/C1=C/CCCCC(N)=O. The fourth-order valence-corrected chi connectivity index (χ4v) is 3.58. The molecule has 0 aromatic heterocycles. The van der Waals surface area contributed by atoms with Crippen LogP contribution < -0.4 is 5.73 Å². The van der Waals surface area contributed by atoms with Crippen LogP contribution in [0.4, 0.5) is 0 Å². The van der Waals surface area contributed by atoms with Crippen LogP contribution in [0.1, 0.15) is 110 Å². The summed E-state index contributed by atoms with van der Waals surface area (Å²) in [6, 6.07) is 0. The summed E-state index contributed by atoms with van der Waals surface area (Å²) >= 11 is 0. The lowest BCUT2D eigenvalue weighted by Gasteiger charge is -2.34. The van der Waals surface area contributed by atoms with Gasteiger partial charge in [-0.3, -0.25) is 4.79 Å². The van der Waals surface area contributed by atoms with Crippen LogP contribution in [0.15, 0.2) is 24.0 Å². The summed E-state index contributed by atoms with van der Waals surface area (Å²) in [5.41, 5.74) is 6.45. The molecule has 0 aromatic rings. The molecule has 0 radical (unpaired) electrons. The van der Waals surface area contributed by atoms with Crippen molar-refractivity contribution in [3.8, 4) is 0 Å². The second-order valence-electron chi connectivity index (χ2n) is 7.73. The first kappa shape index (κ1) is 22.8. The number of allylic oxidation sites excluding steroid dienone is 1. The molecule has 1 unspecified atom stereocenters. The highest BCUT2D eigenvalue weighted by molar-refractivity contribution is 5.73. The Kier molecular flexibility index (Phi) is 13.0. The van der Waals surface area contributed by atoms with Crippen molar-refractivity contribution >= 4 is 5.91 Å². The Morgan fingerprint density at radius 3 is 2.08 bits per heavy atom. The molecule has 0 aliphatic carbocycles. The van der Waals surface area contributed by atoms with E-state index in [9.17, 15) is 4.79 Å². The minimum Gasteiger partial charge on any atom is -0.486 e. The van der Waals surface area contributed by atoms with Crippen molar-refractivity contribution in [3.05, 3.63) is 24.0 Å². The average molecular weight is 364 g/mol. The summed E-state index contributed by atoms with van der Waals surface area (Å²) < 4.78 is 5.70. The summed E-state index contributed by atoms with van der Waals surface area (Å²) in [6.07, 6.45) is 22.1. The van der Waals surface area contributed by atoms with Crippen LogP contribution in [0, 0.1) is 0 Å². The molecule has 1 atom stereocenters. The zero-order valence-electron chi connectivity index (χ0n) is 17.1. The first-order chi connectivity index (χ1) is 12.6. The summed E-state index contributed by atoms with van der Waals surface area (Å²) in [5.74, 6) is 0.636. The van der Waals surface area contributed by atoms with Crippen molar-refractivity contribution in [2.45, 2.75) is 116 Å². The molecule has 1 aliphatic heterocycles. The van der Waals surface area contributed by atoms with Crippen LogP contribution in [0.5, 0.6) is 0 Å². The summed E-state index contributed by atoms with van der Waals surface area (Å²) in [6.45, 7) is 6.23. The molecule has 0 bridgehead atoms. The van der Waals surface area contributed by atoms with Crippen LogP contribution in [-0.4, -0.2) is 12.0 Å². The van der Waals surface area contributed by atoms with Gasteiger partial charge in [-0.05, 0) is 32.1 Å². The molecule has 3 heteroatoms. The van der Waals surface area contributed by atoms with Crippen LogP contribution in [-0.2, 0) is 9.53 Å². The number of unbranched alkanes of at least 4 members (excludes halogenated alkanes) is 12. The molecule has 1 fully saturated rings. The standard InChI is InChI=1S/C23H41NO2/c1-3-4-5-6-7-8-9-10-11-12-15-18-22-21(20(2)26-22)17-14-13-16-19-23(24)25/h17,22H,2-16,18-19H2,1H3,(H2,24,25)/b21-17+.